The van der Waals surface area contributed by atoms with Crippen molar-refractivity contribution < 1.29 is 8.42 Å². The first-order valence-electron chi connectivity index (χ1n) is 6.57. The fraction of sp³-hybridized carbons (Fsp3) is 0.538. The third-order valence-electron chi connectivity index (χ3n) is 3.84. The van der Waals surface area contributed by atoms with Gasteiger partial charge in [-0.3, -0.25) is 0 Å². The van der Waals surface area contributed by atoms with E-state index in [2.05, 4.69) is 12.2 Å². The Bertz CT molecular complexity index is 551. The molecule has 5 N–H and O–H groups in total. The Morgan fingerprint density at radius 2 is 1.95 bits per heavy atom. The Morgan fingerprint density at radius 1 is 1.32 bits per heavy atom. The highest BCUT2D eigenvalue weighted by Gasteiger charge is 2.22. The average Bonchev–Trinajstić information content (AvgIpc) is 2.84. The first-order chi connectivity index (χ1) is 8.88. The van der Waals surface area contributed by atoms with Crippen molar-refractivity contribution in [3.05, 3.63) is 18.2 Å². The van der Waals surface area contributed by atoms with E-state index in [1.165, 1.54) is 37.8 Å². The number of rotatable bonds is 4. The van der Waals surface area contributed by atoms with Crippen molar-refractivity contribution in [2.75, 3.05) is 11.1 Å². The van der Waals surface area contributed by atoms with Crippen molar-refractivity contribution in [1.82, 2.24) is 0 Å². The van der Waals surface area contributed by atoms with Gasteiger partial charge < -0.3 is 11.1 Å². The molecule has 19 heavy (non-hydrogen) atoms. The molecular formula is C13H21N3O2S. The summed E-state index contributed by atoms with van der Waals surface area (Å²) in [6.07, 6.45) is 4.96. The zero-order valence-electron chi connectivity index (χ0n) is 11.1. The van der Waals surface area contributed by atoms with Crippen LogP contribution in [-0.2, 0) is 10.0 Å². The van der Waals surface area contributed by atoms with Gasteiger partial charge in [0.05, 0.1) is 16.3 Å². The minimum absolute atomic E-state index is 0.0859. The normalized spacial score (nSPS) is 18.4. The van der Waals surface area contributed by atoms with Gasteiger partial charge in [0, 0.05) is 6.04 Å². The summed E-state index contributed by atoms with van der Waals surface area (Å²) < 4.78 is 22.7. The SMILES string of the molecule is CC(Nc1cc(S(N)(=O)=O)ccc1N)C1CCCC1. The van der Waals surface area contributed by atoms with Gasteiger partial charge in [0.2, 0.25) is 10.0 Å². The molecule has 0 aliphatic heterocycles. The summed E-state index contributed by atoms with van der Waals surface area (Å²) in [5.41, 5.74) is 7.07. The Balaban J connectivity index is 2.19. The van der Waals surface area contributed by atoms with E-state index in [-0.39, 0.29) is 10.9 Å². The van der Waals surface area contributed by atoms with Crippen LogP contribution < -0.4 is 16.2 Å². The number of benzene rings is 1. The molecule has 0 heterocycles. The largest absolute Gasteiger partial charge is 0.397 e. The molecule has 0 spiro atoms. The first kappa shape index (κ1) is 14.1. The molecule has 1 fully saturated rings. The van der Waals surface area contributed by atoms with Crippen molar-refractivity contribution in [3.63, 3.8) is 0 Å². The van der Waals surface area contributed by atoms with Gasteiger partial charge in [-0.2, -0.15) is 0 Å². The summed E-state index contributed by atoms with van der Waals surface area (Å²) in [6.45, 7) is 2.11. The quantitative estimate of drug-likeness (QED) is 0.735. The van der Waals surface area contributed by atoms with Gasteiger partial charge in [0.15, 0.2) is 0 Å². The lowest BCUT2D eigenvalue weighted by atomic mass is 9.99. The van der Waals surface area contributed by atoms with Gasteiger partial charge in [-0.1, -0.05) is 12.8 Å². The third kappa shape index (κ3) is 3.39. The van der Waals surface area contributed by atoms with Gasteiger partial charge in [0.25, 0.3) is 0 Å². The number of sulfonamides is 1. The number of nitrogen functional groups attached to an aromatic ring is 1. The summed E-state index contributed by atoms with van der Waals surface area (Å²) >= 11 is 0. The number of hydrogen-bond donors (Lipinski definition) is 3. The first-order valence-corrected chi connectivity index (χ1v) is 8.11. The molecule has 1 unspecified atom stereocenters. The van der Waals surface area contributed by atoms with E-state index >= 15 is 0 Å². The number of hydrogen-bond acceptors (Lipinski definition) is 4. The molecule has 0 bridgehead atoms. The minimum Gasteiger partial charge on any atom is -0.397 e. The van der Waals surface area contributed by atoms with Crippen LogP contribution in [-0.4, -0.2) is 14.5 Å². The highest BCUT2D eigenvalue weighted by Crippen LogP contribution is 2.31. The van der Waals surface area contributed by atoms with Crippen LogP contribution in [0, 0.1) is 5.92 Å². The molecule has 1 aromatic carbocycles. The van der Waals surface area contributed by atoms with Gasteiger partial charge >= 0.3 is 0 Å². The highest BCUT2D eigenvalue weighted by atomic mass is 32.2. The molecular weight excluding hydrogens is 262 g/mol. The van der Waals surface area contributed by atoms with Crippen molar-refractivity contribution in [3.8, 4) is 0 Å². The lowest BCUT2D eigenvalue weighted by molar-refractivity contribution is 0.482. The van der Waals surface area contributed by atoms with Crippen LogP contribution in [0.25, 0.3) is 0 Å². The molecule has 0 radical (unpaired) electrons. The Kier molecular flexibility index (Phi) is 4.01. The van der Waals surface area contributed by atoms with E-state index in [0.717, 1.165) is 0 Å². The van der Waals surface area contributed by atoms with E-state index < -0.39 is 10.0 Å². The van der Waals surface area contributed by atoms with Crippen LogP contribution in [0.2, 0.25) is 0 Å². The van der Waals surface area contributed by atoms with Crippen molar-refractivity contribution >= 4 is 21.4 Å². The molecule has 0 aromatic heterocycles. The second-order valence-electron chi connectivity index (χ2n) is 5.27. The predicted molar refractivity (Wildman–Crippen MR) is 77.3 cm³/mol. The van der Waals surface area contributed by atoms with Crippen LogP contribution in [0.15, 0.2) is 23.1 Å². The molecule has 1 aliphatic carbocycles. The Morgan fingerprint density at radius 3 is 2.53 bits per heavy atom. The molecule has 1 aliphatic rings. The van der Waals surface area contributed by atoms with Crippen LogP contribution in [0.4, 0.5) is 11.4 Å². The van der Waals surface area contributed by atoms with Gasteiger partial charge in [-0.05, 0) is 43.9 Å². The molecule has 0 saturated heterocycles. The number of anilines is 2. The third-order valence-corrected chi connectivity index (χ3v) is 4.75. The summed E-state index contributed by atoms with van der Waals surface area (Å²) in [4.78, 5) is 0.0859. The summed E-state index contributed by atoms with van der Waals surface area (Å²) in [7, 11) is -3.69. The van der Waals surface area contributed by atoms with E-state index in [9.17, 15) is 8.42 Å². The summed E-state index contributed by atoms with van der Waals surface area (Å²) in [5.74, 6) is 0.623. The van der Waals surface area contributed by atoms with E-state index in [0.29, 0.717) is 17.3 Å². The molecule has 1 saturated carbocycles. The molecule has 5 nitrogen and oxygen atoms in total. The average molecular weight is 283 g/mol. The van der Waals surface area contributed by atoms with Crippen LogP contribution in [0.5, 0.6) is 0 Å². The number of primary sulfonamides is 1. The smallest absolute Gasteiger partial charge is 0.238 e. The lowest BCUT2D eigenvalue weighted by Gasteiger charge is -2.22. The van der Waals surface area contributed by atoms with Crippen LogP contribution >= 0.6 is 0 Å². The highest BCUT2D eigenvalue weighted by molar-refractivity contribution is 7.89. The molecule has 1 atom stereocenters. The molecule has 106 valence electrons. The van der Waals surface area contributed by atoms with Crippen molar-refractivity contribution in [1.29, 1.82) is 0 Å². The maximum absolute atomic E-state index is 11.3. The van der Waals surface area contributed by atoms with Gasteiger partial charge in [0.1, 0.15) is 0 Å². The summed E-state index contributed by atoms with van der Waals surface area (Å²) in [6, 6.07) is 4.79. The molecule has 0 amide bonds. The minimum atomic E-state index is -3.69. The molecule has 6 heteroatoms. The standard InChI is InChI=1S/C13H21N3O2S/c1-9(10-4-2-3-5-10)16-13-8-11(19(15,17)18)6-7-12(13)14/h6-10,16H,2-5,14H2,1H3,(H2,15,17,18). The second-order valence-corrected chi connectivity index (χ2v) is 6.83. The molecule has 2 rings (SSSR count). The number of nitrogens with one attached hydrogen (secondary N) is 1. The maximum Gasteiger partial charge on any atom is 0.238 e. The van der Waals surface area contributed by atoms with Crippen LogP contribution in [0.3, 0.4) is 0 Å². The van der Waals surface area contributed by atoms with Crippen molar-refractivity contribution in [2.45, 2.75) is 43.5 Å². The maximum atomic E-state index is 11.3. The monoisotopic (exact) mass is 283 g/mol. The second kappa shape index (κ2) is 5.38. The van der Waals surface area contributed by atoms with Gasteiger partial charge in [-0.25, -0.2) is 13.6 Å². The molecule has 1 aromatic rings. The van der Waals surface area contributed by atoms with E-state index in [1.807, 2.05) is 0 Å². The lowest BCUT2D eigenvalue weighted by Crippen LogP contribution is -2.24. The number of nitrogens with two attached hydrogens (primary N) is 2. The fourth-order valence-corrected chi connectivity index (χ4v) is 3.20. The van der Waals surface area contributed by atoms with Crippen molar-refractivity contribution in [2.24, 2.45) is 11.1 Å². The van der Waals surface area contributed by atoms with Crippen LogP contribution in [0.1, 0.15) is 32.6 Å². The Labute approximate surface area is 114 Å². The predicted octanol–water partition coefficient (Wildman–Crippen LogP) is 1.91. The zero-order valence-corrected chi connectivity index (χ0v) is 11.9. The van der Waals surface area contributed by atoms with E-state index in [4.69, 9.17) is 10.9 Å². The summed E-state index contributed by atoms with van der Waals surface area (Å²) in [5, 5.41) is 8.45. The Hall–Kier alpha value is -1.27. The fourth-order valence-electron chi connectivity index (χ4n) is 2.66. The van der Waals surface area contributed by atoms with E-state index in [1.54, 1.807) is 6.07 Å². The van der Waals surface area contributed by atoms with Gasteiger partial charge in [-0.15, -0.1) is 0 Å². The topological polar surface area (TPSA) is 98.2 Å². The zero-order chi connectivity index (χ0) is 14.0.